The van der Waals surface area contributed by atoms with Crippen molar-refractivity contribution in [2.45, 2.75) is 62.0 Å². The summed E-state index contributed by atoms with van der Waals surface area (Å²) in [7, 11) is -2.41. The van der Waals surface area contributed by atoms with Crippen molar-refractivity contribution in [3.63, 3.8) is 0 Å². The van der Waals surface area contributed by atoms with Crippen LogP contribution in [0.3, 0.4) is 0 Å². The lowest BCUT2D eigenvalue weighted by Gasteiger charge is -2.33. The van der Waals surface area contributed by atoms with E-state index in [1.54, 1.807) is 0 Å². The molecule has 9 heteroatoms. The predicted molar refractivity (Wildman–Crippen MR) is 111 cm³/mol. The number of nitrogens with zero attached hydrogens (tertiary/aromatic N) is 1. The van der Waals surface area contributed by atoms with Gasteiger partial charge in [-0.15, -0.1) is 0 Å². The number of hydrogen-bond acceptors (Lipinski definition) is 5. The first-order valence-electron chi connectivity index (χ1n) is 10.2. The van der Waals surface area contributed by atoms with Gasteiger partial charge in [-0.05, 0) is 43.9 Å². The van der Waals surface area contributed by atoms with E-state index in [1.807, 2.05) is 0 Å². The highest BCUT2D eigenvalue weighted by Crippen LogP contribution is 2.31. The molecule has 2 aliphatic rings. The summed E-state index contributed by atoms with van der Waals surface area (Å²) in [6.45, 7) is 0.913. The molecule has 1 aromatic carbocycles. The second kappa shape index (κ2) is 10.1. The molecule has 162 valence electrons. The molecule has 1 amide bonds. The van der Waals surface area contributed by atoms with Gasteiger partial charge in [0.2, 0.25) is 15.9 Å². The molecule has 0 spiro atoms. The van der Waals surface area contributed by atoms with Gasteiger partial charge >= 0.3 is 0 Å². The predicted octanol–water partition coefficient (Wildman–Crippen LogP) is 2.97. The Balaban J connectivity index is 1.78. The summed E-state index contributed by atoms with van der Waals surface area (Å²) in [5, 5.41) is 3.05. The summed E-state index contributed by atoms with van der Waals surface area (Å²) in [6, 6.07) is 4.20. The standard InChI is InChI=1S/C20H29ClN2O5S/c1-27-19-10-9-17(12-18(19)21)29(25,26)23(15-6-3-2-4-7-15)14-20(24)22-13-16-8-5-11-28-16/h9-10,12,15-16H,2-8,11,13-14H2,1H3,(H,22,24)/t16-/m0/s1. The Bertz CT molecular complexity index is 805. The number of benzene rings is 1. The number of carbonyl (C=O) groups is 1. The molecule has 1 N–H and O–H groups in total. The van der Waals surface area contributed by atoms with Crippen LogP contribution in [-0.4, -0.2) is 57.6 Å². The van der Waals surface area contributed by atoms with Gasteiger partial charge in [-0.3, -0.25) is 4.79 Å². The number of carbonyl (C=O) groups excluding carboxylic acids is 1. The number of amides is 1. The number of halogens is 1. The Morgan fingerprint density at radius 3 is 2.62 bits per heavy atom. The average molecular weight is 445 g/mol. The molecule has 0 bridgehead atoms. The highest BCUT2D eigenvalue weighted by Gasteiger charge is 2.34. The van der Waals surface area contributed by atoms with E-state index < -0.39 is 10.0 Å². The van der Waals surface area contributed by atoms with Gasteiger partial charge in [0.25, 0.3) is 0 Å². The number of sulfonamides is 1. The van der Waals surface area contributed by atoms with Crippen molar-refractivity contribution in [3.05, 3.63) is 23.2 Å². The van der Waals surface area contributed by atoms with Gasteiger partial charge in [0, 0.05) is 19.2 Å². The van der Waals surface area contributed by atoms with Crippen molar-refractivity contribution in [1.29, 1.82) is 0 Å². The number of methoxy groups -OCH3 is 1. The van der Waals surface area contributed by atoms with Crippen LogP contribution in [0.1, 0.15) is 44.9 Å². The fraction of sp³-hybridized carbons (Fsp3) is 0.650. The second-order valence-corrected chi connectivity index (χ2v) is 9.88. The van der Waals surface area contributed by atoms with Gasteiger partial charge in [0.05, 0.1) is 29.7 Å². The SMILES string of the molecule is COc1ccc(S(=O)(=O)N(CC(=O)NC[C@@H]2CCCO2)C2CCCCC2)cc1Cl. The molecule has 0 aromatic heterocycles. The highest BCUT2D eigenvalue weighted by molar-refractivity contribution is 7.89. The van der Waals surface area contributed by atoms with Crippen molar-refractivity contribution in [1.82, 2.24) is 9.62 Å². The molecule has 2 fully saturated rings. The van der Waals surface area contributed by atoms with Crippen molar-refractivity contribution in [2.75, 3.05) is 26.8 Å². The fourth-order valence-electron chi connectivity index (χ4n) is 3.95. The first kappa shape index (κ1) is 22.3. The minimum Gasteiger partial charge on any atom is -0.495 e. The van der Waals surface area contributed by atoms with Crippen molar-refractivity contribution >= 4 is 27.5 Å². The minimum atomic E-state index is -3.88. The van der Waals surface area contributed by atoms with E-state index in [4.69, 9.17) is 21.1 Å². The van der Waals surface area contributed by atoms with Crippen LogP contribution < -0.4 is 10.1 Å². The third-order valence-electron chi connectivity index (χ3n) is 5.56. The summed E-state index contributed by atoms with van der Waals surface area (Å²) >= 11 is 6.15. The maximum absolute atomic E-state index is 13.4. The Morgan fingerprint density at radius 2 is 2.00 bits per heavy atom. The van der Waals surface area contributed by atoms with Gasteiger partial charge in [-0.2, -0.15) is 4.31 Å². The third-order valence-corrected chi connectivity index (χ3v) is 7.75. The lowest BCUT2D eigenvalue weighted by molar-refractivity contribution is -0.122. The zero-order chi connectivity index (χ0) is 20.9. The number of rotatable bonds is 8. The summed E-state index contributed by atoms with van der Waals surface area (Å²) in [5.41, 5.74) is 0. The molecule has 1 aromatic rings. The maximum Gasteiger partial charge on any atom is 0.243 e. The van der Waals surface area contributed by atoms with Gasteiger partial charge in [-0.1, -0.05) is 30.9 Å². The lowest BCUT2D eigenvalue weighted by Crippen LogP contribution is -2.47. The number of ether oxygens (including phenoxy) is 2. The van der Waals surface area contributed by atoms with Gasteiger partial charge < -0.3 is 14.8 Å². The largest absolute Gasteiger partial charge is 0.495 e. The molecule has 1 saturated carbocycles. The Morgan fingerprint density at radius 1 is 1.24 bits per heavy atom. The van der Waals surface area contributed by atoms with E-state index in [2.05, 4.69) is 5.32 Å². The molecule has 0 radical (unpaired) electrons. The molecular weight excluding hydrogens is 416 g/mol. The summed E-state index contributed by atoms with van der Waals surface area (Å²) in [5.74, 6) is 0.0957. The highest BCUT2D eigenvalue weighted by atomic mass is 35.5. The van der Waals surface area contributed by atoms with Crippen molar-refractivity contribution < 1.29 is 22.7 Å². The lowest BCUT2D eigenvalue weighted by atomic mass is 9.95. The average Bonchev–Trinajstić information content (AvgIpc) is 3.24. The van der Waals surface area contributed by atoms with Gasteiger partial charge in [0.15, 0.2) is 0 Å². The van der Waals surface area contributed by atoms with Crippen LogP contribution in [0.2, 0.25) is 5.02 Å². The minimum absolute atomic E-state index is 0.0130. The quantitative estimate of drug-likeness (QED) is 0.666. The van der Waals surface area contributed by atoms with E-state index in [0.29, 0.717) is 18.9 Å². The number of nitrogens with one attached hydrogen (secondary N) is 1. The summed E-state index contributed by atoms with van der Waals surface area (Å²) in [4.78, 5) is 12.6. The molecule has 29 heavy (non-hydrogen) atoms. The first-order chi connectivity index (χ1) is 13.9. The van der Waals surface area contributed by atoms with Crippen LogP contribution >= 0.6 is 11.6 Å². The second-order valence-electron chi connectivity index (χ2n) is 7.58. The van der Waals surface area contributed by atoms with E-state index >= 15 is 0 Å². The molecule has 1 heterocycles. The van der Waals surface area contributed by atoms with Gasteiger partial charge in [0.1, 0.15) is 5.75 Å². The Hall–Kier alpha value is -1.35. The maximum atomic E-state index is 13.4. The fourth-order valence-corrected chi connectivity index (χ4v) is 5.94. The molecule has 1 aliphatic carbocycles. The van der Waals surface area contributed by atoms with E-state index in [1.165, 1.54) is 29.6 Å². The van der Waals surface area contributed by atoms with Crippen LogP contribution in [0.5, 0.6) is 5.75 Å². The topological polar surface area (TPSA) is 84.9 Å². The molecule has 7 nitrogen and oxygen atoms in total. The third kappa shape index (κ3) is 5.63. The van der Waals surface area contributed by atoms with Gasteiger partial charge in [-0.25, -0.2) is 8.42 Å². The van der Waals surface area contributed by atoms with Crippen LogP contribution in [-0.2, 0) is 19.6 Å². The van der Waals surface area contributed by atoms with Crippen molar-refractivity contribution in [3.8, 4) is 5.75 Å². The smallest absolute Gasteiger partial charge is 0.243 e. The van der Waals surface area contributed by atoms with E-state index in [9.17, 15) is 13.2 Å². The van der Waals surface area contributed by atoms with Crippen LogP contribution in [0.4, 0.5) is 0 Å². The normalized spacial score (nSPS) is 20.7. The summed E-state index contributed by atoms with van der Waals surface area (Å²) < 4.78 is 38.8. The zero-order valence-electron chi connectivity index (χ0n) is 16.7. The Kier molecular flexibility index (Phi) is 7.79. The molecule has 1 aliphatic heterocycles. The van der Waals surface area contributed by atoms with Crippen molar-refractivity contribution in [2.24, 2.45) is 0 Å². The van der Waals surface area contributed by atoms with Crippen LogP contribution in [0, 0.1) is 0 Å². The molecular formula is C20H29ClN2O5S. The Labute approximate surface area is 177 Å². The van der Waals surface area contributed by atoms with Crippen LogP contribution in [0.25, 0.3) is 0 Å². The first-order valence-corrected chi connectivity index (χ1v) is 12.0. The monoisotopic (exact) mass is 444 g/mol. The molecule has 3 rings (SSSR count). The van der Waals surface area contributed by atoms with E-state index in [-0.39, 0.29) is 34.5 Å². The number of hydrogen-bond donors (Lipinski definition) is 1. The van der Waals surface area contributed by atoms with Crippen LogP contribution in [0.15, 0.2) is 23.1 Å². The summed E-state index contributed by atoms with van der Waals surface area (Å²) in [6.07, 6.45) is 6.42. The molecule has 1 saturated heterocycles. The molecule has 0 unspecified atom stereocenters. The zero-order valence-corrected chi connectivity index (χ0v) is 18.3. The molecule has 1 atom stereocenters. The van der Waals surface area contributed by atoms with E-state index in [0.717, 1.165) is 44.9 Å².